The summed E-state index contributed by atoms with van der Waals surface area (Å²) in [5.41, 5.74) is 1.29. The van der Waals surface area contributed by atoms with Gasteiger partial charge in [-0.05, 0) is 36.5 Å². The van der Waals surface area contributed by atoms with E-state index in [1.54, 1.807) is 38.1 Å². The van der Waals surface area contributed by atoms with Crippen molar-refractivity contribution in [2.45, 2.75) is 65.0 Å². The van der Waals surface area contributed by atoms with Gasteiger partial charge in [0.05, 0.1) is 6.54 Å². The Morgan fingerprint density at radius 2 is 1.67 bits per heavy atom. The summed E-state index contributed by atoms with van der Waals surface area (Å²) in [5.74, 6) is -1.64. The fraction of sp³-hybridized carbons (Fsp3) is 0.520. The molecule has 0 aliphatic carbocycles. The number of carbonyl (C=O) groups is 6. The molecule has 5 amide bonds. The standard InChI is InChI=1S/C25H34N4O7/c1-17(2)24(28-20(31)6-4-3-5-13-29-22(33)11-12-23(29)34)25(35)26-14-21(32)27-19-9-7-18(8-10-19)15-36-16-30/h7-10,16-17,24H,3-6,11-15H2,1-2H3,(H,26,35)(H,27,32)(H,28,31). The van der Waals surface area contributed by atoms with Gasteiger partial charge in [-0.15, -0.1) is 0 Å². The van der Waals surface area contributed by atoms with Crippen LogP contribution >= 0.6 is 0 Å². The van der Waals surface area contributed by atoms with Crippen LogP contribution in [0, 0.1) is 5.92 Å². The van der Waals surface area contributed by atoms with Crippen molar-refractivity contribution < 1.29 is 33.5 Å². The van der Waals surface area contributed by atoms with Crippen LogP contribution in [0.2, 0.25) is 0 Å². The van der Waals surface area contributed by atoms with Gasteiger partial charge in [-0.25, -0.2) is 0 Å². The topological polar surface area (TPSA) is 151 Å². The first kappa shape index (κ1) is 28.5. The fourth-order valence-electron chi connectivity index (χ4n) is 3.68. The molecule has 1 aliphatic heterocycles. The van der Waals surface area contributed by atoms with Gasteiger partial charge in [0.2, 0.25) is 29.5 Å². The molecule has 1 heterocycles. The maximum absolute atomic E-state index is 12.6. The van der Waals surface area contributed by atoms with Crippen molar-refractivity contribution in [2.75, 3.05) is 18.4 Å². The van der Waals surface area contributed by atoms with Gasteiger partial charge in [-0.3, -0.25) is 33.7 Å². The van der Waals surface area contributed by atoms with Crippen molar-refractivity contribution >= 4 is 41.7 Å². The Morgan fingerprint density at radius 3 is 2.28 bits per heavy atom. The summed E-state index contributed by atoms with van der Waals surface area (Å²) in [5, 5.41) is 7.93. The molecule has 1 aromatic carbocycles. The lowest BCUT2D eigenvalue weighted by Crippen LogP contribution is -2.51. The van der Waals surface area contributed by atoms with Crippen LogP contribution in [0.3, 0.4) is 0 Å². The lowest BCUT2D eigenvalue weighted by atomic mass is 10.0. The number of nitrogens with one attached hydrogen (secondary N) is 3. The number of nitrogens with zero attached hydrogens (tertiary/aromatic N) is 1. The van der Waals surface area contributed by atoms with E-state index in [1.807, 2.05) is 0 Å². The molecule has 1 unspecified atom stereocenters. The minimum absolute atomic E-state index is 0.136. The highest BCUT2D eigenvalue weighted by Gasteiger charge is 2.28. The zero-order chi connectivity index (χ0) is 26.5. The maximum atomic E-state index is 12.6. The van der Waals surface area contributed by atoms with Crippen molar-refractivity contribution in [3.8, 4) is 0 Å². The van der Waals surface area contributed by atoms with E-state index in [0.717, 1.165) is 5.56 Å². The first-order valence-electron chi connectivity index (χ1n) is 12.1. The molecular formula is C25H34N4O7. The number of carbonyl (C=O) groups excluding carboxylic acids is 6. The minimum atomic E-state index is -0.790. The molecule has 0 aromatic heterocycles. The zero-order valence-electron chi connectivity index (χ0n) is 20.7. The van der Waals surface area contributed by atoms with E-state index in [4.69, 9.17) is 0 Å². The van der Waals surface area contributed by atoms with Crippen molar-refractivity contribution in [1.82, 2.24) is 15.5 Å². The smallest absolute Gasteiger partial charge is 0.293 e. The number of hydrogen-bond acceptors (Lipinski definition) is 7. The second-order valence-corrected chi connectivity index (χ2v) is 8.91. The quantitative estimate of drug-likeness (QED) is 0.186. The average Bonchev–Trinajstić information content (AvgIpc) is 3.17. The highest BCUT2D eigenvalue weighted by Crippen LogP contribution is 2.13. The Bertz CT molecular complexity index is 930. The summed E-state index contributed by atoms with van der Waals surface area (Å²) in [7, 11) is 0. The molecule has 1 aliphatic rings. The van der Waals surface area contributed by atoms with E-state index < -0.39 is 17.9 Å². The second kappa shape index (κ2) is 14.6. The lowest BCUT2D eigenvalue weighted by Gasteiger charge is -2.21. The number of benzene rings is 1. The molecule has 3 N–H and O–H groups in total. The van der Waals surface area contributed by atoms with Crippen LogP contribution in [-0.4, -0.2) is 60.0 Å². The van der Waals surface area contributed by atoms with Gasteiger partial charge in [0.25, 0.3) is 6.47 Å². The summed E-state index contributed by atoms with van der Waals surface area (Å²) in [6.45, 7) is 4.20. The Kier molecular flexibility index (Phi) is 11.5. The normalized spacial score (nSPS) is 13.9. The zero-order valence-corrected chi connectivity index (χ0v) is 20.7. The fourth-order valence-corrected chi connectivity index (χ4v) is 3.68. The van der Waals surface area contributed by atoms with Crippen molar-refractivity contribution in [1.29, 1.82) is 0 Å². The van der Waals surface area contributed by atoms with E-state index in [0.29, 0.717) is 38.0 Å². The molecule has 1 saturated heterocycles. The molecular weight excluding hydrogens is 468 g/mol. The van der Waals surface area contributed by atoms with Gasteiger partial charge in [0.1, 0.15) is 12.6 Å². The molecule has 0 radical (unpaired) electrons. The molecule has 1 atom stereocenters. The predicted molar refractivity (Wildman–Crippen MR) is 130 cm³/mol. The average molecular weight is 503 g/mol. The van der Waals surface area contributed by atoms with Crippen molar-refractivity contribution in [3.63, 3.8) is 0 Å². The third-order valence-corrected chi connectivity index (χ3v) is 5.68. The van der Waals surface area contributed by atoms with Gasteiger partial charge >= 0.3 is 0 Å². The third kappa shape index (κ3) is 9.47. The largest absolute Gasteiger partial charge is 0.463 e. The van der Waals surface area contributed by atoms with Crippen LogP contribution in [0.4, 0.5) is 5.69 Å². The van der Waals surface area contributed by atoms with E-state index in [1.165, 1.54) is 4.90 Å². The summed E-state index contributed by atoms with van der Waals surface area (Å²) in [6.07, 6.45) is 2.63. The molecule has 11 heteroatoms. The summed E-state index contributed by atoms with van der Waals surface area (Å²) in [4.78, 5) is 71.8. The van der Waals surface area contributed by atoms with E-state index in [-0.39, 0.29) is 56.1 Å². The molecule has 1 fully saturated rings. The van der Waals surface area contributed by atoms with Crippen LogP contribution in [0.1, 0.15) is 57.9 Å². The number of likely N-dealkylation sites (tertiary alicyclic amines) is 1. The van der Waals surface area contributed by atoms with E-state index >= 15 is 0 Å². The predicted octanol–water partition coefficient (Wildman–Crippen LogP) is 1.26. The first-order valence-corrected chi connectivity index (χ1v) is 12.1. The molecule has 0 saturated carbocycles. The van der Waals surface area contributed by atoms with Crippen molar-refractivity contribution in [2.24, 2.45) is 5.92 Å². The van der Waals surface area contributed by atoms with Crippen LogP contribution in [0.5, 0.6) is 0 Å². The minimum Gasteiger partial charge on any atom is -0.463 e. The Hall–Kier alpha value is -3.76. The summed E-state index contributed by atoms with van der Waals surface area (Å²) < 4.78 is 4.66. The van der Waals surface area contributed by atoms with Crippen molar-refractivity contribution in [3.05, 3.63) is 29.8 Å². The van der Waals surface area contributed by atoms with Crippen LogP contribution in [-0.2, 0) is 40.1 Å². The maximum Gasteiger partial charge on any atom is 0.293 e. The summed E-state index contributed by atoms with van der Waals surface area (Å²) >= 11 is 0. The molecule has 0 spiro atoms. The number of hydrogen-bond donors (Lipinski definition) is 3. The number of amides is 5. The van der Waals surface area contributed by atoms with Crippen LogP contribution in [0.25, 0.3) is 0 Å². The van der Waals surface area contributed by atoms with Crippen LogP contribution < -0.4 is 16.0 Å². The van der Waals surface area contributed by atoms with Gasteiger partial charge in [0.15, 0.2) is 0 Å². The highest BCUT2D eigenvalue weighted by molar-refractivity contribution is 6.01. The van der Waals surface area contributed by atoms with Gasteiger partial charge in [-0.1, -0.05) is 32.4 Å². The van der Waals surface area contributed by atoms with Gasteiger partial charge < -0.3 is 20.7 Å². The number of unbranched alkanes of at least 4 members (excludes halogenated alkanes) is 2. The number of anilines is 1. The molecule has 196 valence electrons. The number of rotatable bonds is 15. The van der Waals surface area contributed by atoms with Gasteiger partial charge in [0, 0.05) is 31.5 Å². The Balaban J connectivity index is 1.69. The van der Waals surface area contributed by atoms with E-state index in [9.17, 15) is 28.8 Å². The summed E-state index contributed by atoms with van der Waals surface area (Å²) in [6, 6.07) is 5.92. The monoisotopic (exact) mass is 502 g/mol. The molecule has 1 aromatic rings. The highest BCUT2D eigenvalue weighted by atomic mass is 16.5. The second-order valence-electron chi connectivity index (χ2n) is 8.91. The molecule has 2 rings (SSSR count). The molecule has 0 bridgehead atoms. The van der Waals surface area contributed by atoms with Crippen LogP contribution in [0.15, 0.2) is 24.3 Å². The van der Waals surface area contributed by atoms with Gasteiger partial charge in [-0.2, -0.15) is 0 Å². The number of ether oxygens (including phenoxy) is 1. The lowest BCUT2D eigenvalue weighted by molar-refractivity contribution is -0.138. The SMILES string of the molecule is CC(C)C(NC(=O)CCCCCN1C(=O)CCC1=O)C(=O)NCC(=O)Nc1ccc(COC=O)cc1. The number of imide groups is 1. The Labute approximate surface area is 210 Å². The van der Waals surface area contributed by atoms with E-state index in [2.05, 4.69) is 20.7 Å². The third-order valence-electron chi connectivity index (χ3n) is 5.68. The molecule has 11 nitrogen and oxygen atoms in total. The first-order chi connectivity index (χ1) is 17.2. The molecule has 36 heavy (non-hydrogen) atoms. The Morgan fingerprint density at radius 1 is 1.00 bits per heavy atom.